The lowest BCUT2D eigenvalue weighted by atomic mass is 10.2. The first-order valence-corrected chi connectivity index (χ1v) is 14.8. The van der Waals surface area contributed by atoms with Gasteiger partial charge in [-0.3, -0.25) is 33.9 Å². The SMILES string of the molecule is CCCCOC(=O)CN1CCN(C=O)CCN(CC(=O)OCCCC)CCN(CC(=O)OCc2ccccc2)CC1. The number of carbonyl (C=O) groups excluding carboxylic acids is 4. The zero-order chi connectivity index (χ0) is 29.7. The van der Waals surface area contributed by atoms with E-state index in [1.54, 1.807) is 4.90 Å². The first-order chi connectivity index (χ1) is 19.9. The molecule has 0 aromatic heterocycles. The van der Waals surface area contributed by atoms with Gasteiger partial charge in [0.2, 0.25) is 6.41 Å². The molecule has 1 aliphatic heterocycles. The number of benzene rings is 1. The number of carbonyl (C=O) groups is 4. The molecule has 1 fully saturated rings. The maximum Gasteiger partial charge on any atom is 0.320 e. The number of rotatable bonds is 15. The third-order valence-electron chi connectivity index (χ3n) is 6.84. The summed E-state index contributed by atoms with van der Waals surface area (Å²) in [4.78, 5) is 57.0. The molecule has 0 saturated carbocycles. The van der Waals surface area contributed by atoms with Gasteiger partial charge >= 0.3 is 17.9 Å². The highest BCUT2D eigenvalue weighted by atomic mass is 16.5. The summed E-state index contributed by atoms with van der Waals surface area (Å²) in [5.41, 5.74) is 0.912. The Labute approximate surface area is 244 Å². The van der Waals surface area contributed by atoms with Gasteiger partial charge in [0, 0.05) is 52.4 Å². The molecule has 0 spiro atoms. The molecule has 1 aromatic carbocycles. The molecule has 0 atom stereocenters. The van der Waals surface area contributed by atoms with Crippen molar-refractivity contribution in [3.63, 3.8) is 0 Å². The van der Waals surface area contributed by atoms with E-state index in [1.807, 2.05) is 58.9 Å². The van der Waals surface area contributed by atoms with Crippen LogP contribution >= 0.6 is 0 Å². The van der Waals surface area contributed by atoms with E-state index in [0.29, 0.717) is 65.6 Å². The predicted molar refractivity (Wildman–Crippen MR) is 155 cm³/mol. The summed E-state index contributed by atoms with van der Waals surface area (Å²) in [5, 5.41) is 0. The maximum absolute atomic E-state index is 12.8. The Bertz CT molecular complexity index is 862. The summed E-state index contributed by atoms with van der Waals surface area (Å²) in [6.07, 6.45) is 4.30. The summed E-state index contributed by atoms with van der Waals surface area (Å²) in [6.45, 7) is 9.16. The number of unbranched alkanes of at least 4 members (excludes halogenated alkanes) is 2. The first-order valence-electron chi connectivity index (χ1n) is 14.8. The largest absolute Gasteiger partial charge is 0.465 e. The molecular weight excluding hydrogens is 528 g/mol. The minimum Gasteiger partial charge on any atom is -0.465 e. The van der Waals surface area contributed by atoms with Gasteiger partial charge in [0.15, 0.2) is 0 Å². The van der Waals surface area contributed by atoms with Crippen LogP contribution in [0.2, 0.25) is 0 Å². The van der Waals surface area contributed by atoms with E-state index in [-0.39, 0.29) is 44.1 Å². The fourth-order valence-electron chi connectivity index (χ4n) is 4.22. The second-order valence-electron chi connectivity index (χ2n) is 10.3. The van der Waals surface area contributed by atoms with E-state index in [2.05, 4.69) is 0 Å². The quantitative estimate of drug-likeness (QED) is 0.133. The Morgan fingerprint density at radius 3 is 1.49 bits per heavy atom. The van der Waals surface area contributed by atoms with E-state index in [0.717, 1.165) is 37.7 Å². The van der Waals surface area contributed by atoms with E-state index < -0.39 is 0 Å². The van der Waals surface area contributed by atoms with Crippen LogP contribution in [0.15, 0.2) is 30.3 Å². The molecule has 0 radical (unpaired) electrons. The van der Waals surface area contributed by atoms with Gasteiger partial charge in [-0.15, -0.1) is 0 Å². The van der Waals surface area contributed by atoms with Crippen molar-refractivity contribution in [1.29, 1.82) is 0 Å². The van der Waals surface area contributed by atoms with Crippen LogP contribution in [-0.2, 0) is 40.0 Å². The van der Waals surface area contributed by atoms with Crippen molar-refractivity contribution in [2.24, 2.45) is 0 Å². The van der Waals surface area contributed by atoms with Crippen molar-refractivity contribution >= 4 is 24.3 Å². The minimum atomic E-state index is -0.343. The van der Waals surface area contributed by atoms with Crippen molar-refractivity contribution in [1.82, 2.24) is 19.6 Å². The van der Waals surface area contributed by atoms with Crippen LogP contribution in [0.25, 0.3) is 0 Å². The van der Waals surface area contributed by atoms with Crippen molar-refractivity contribution in [2.45, 2.75) is 46.1 Å². The molecule has 1 saturated heterocycles. The molecule has 1 amide bonds. The molecule has 11 nitrogen and oxygen atoms in total. The third kappa shape index (κ3) is 15.5. The average Bonchev–Trinajstić information content (AvgIpc) is 2.97. The van der Waals surface area contributed by atoms with Crippen molar-refractivity contribution in [3.05, 3.63) is 35.9 Å². The molecule has 1 aliphatic rings. The van der Waals surface area contributed by atoms with E-state index in [1.165, 1.54) is 0 Å². The molecule has 2 rings (SSSR count). The highest BCUT2D eigenvalue weighted by Crippen LogP contribution is 2.05. The van der Waals surface area contributed by atoms with Crippen LogP contribution in [0.1, 0.15) is 45.1 Å². The Hall–Kier alpha value is -3.02. The lowest BCUT2D eigenvalue weighted by Gasteiger charge is -2.32. The highest BCUT2D eigenvalue weighted by molar-refractivity contribution is 5.72. The summed E-state index contributed by atoms with van der Waals surface area (Å²) in [7, 11) is 0. The summed E-state index contributed by atoms with van der Waals surface area (Å²) in [5.74, 6) is -0.946. The first kappa shape index (κ1) is 34.2. The van der Waals surface area contributed by atoms with Gasteiger partial charge in [0.25, 0.3) is 0 Å². The second-order valence-corrected chi connectivity index (χ2v) is 10.3. The van der Waals surface area contributed by atoms with Gasteiger partial charge < -0.3 is 19.1 Å². The summed E-state index contributed by atoms with van der Waals surface area (Å²) >= 11 is 0. The molecule has 41 heavy (non-hydrogen) atoms. The lowest BCUT2D eigenvalue weighted by molar-refractivity contribution is -0.148. The molecule has 0 aliphatic carbocycles. The fourth-order valence-corrected chi connectivity index (χ4v) is 4.22. The van der Waals surface area contributed by atoms with Crippen LogP contribution in [0.3, 0.4) is 0 Å². The van der Waals surface area contributed by atoms with Gasteiger partial charge in [-0.2, -0.15) is 0 Å². The predicted octanol–water partition coefficient (Wildman–Crippen LogP) is 1.79. The van der Waals surface area contributed by atoms with Gasteiger partial charge in [-0.05, 0) is 18.4 Å². The summed E-state index contributed by atoms with van der Waals surface area (Å²) in [6, 6.07) is 9.51. The molecule has 1 aromatic rings. The Balaban J connectivity index is 2.07. The van der Waals surface area contributed by atoms with Crippen LogP contribution in [0, 0.1) is 0 Å². The number of nitrogens with zero attached hydrogens (tertiary/aromatic N) is 4. The topological polar surface area (TPSA) is 109 Å². The van der Waals surface area contributed by atoms with E-state index in [4.69, 9.17) is 14.2 Å². The molecule has 0 N–H and O–H groups in total. The van der Waals surface area contributed by atoms with Crippen LogP contribution in [0.5, 0.6) is 0 Å². The van der Waals surface area contributed by atoms with Gasteiger partial charge in [0.05, 0.1) is 32.8 Å². The second kappa shape index (κ2) is 20.8. The highest BCUT2D eigenvalue weighted by Gasteiger charge is 2.21. The molecule has 0 unspecified atom stereocenters. The third-order valence-corrected chi connectivity index (χ3v) is 6.84. The van der Waals surface area contributed by atoms with Crippen LogP contribution in [-0.4, -0.2) is 129 Å². The lowest BCUT2D eigenvalue weighted by Crippen LogP contribution is -2.48. The monoisotopic (exact) mass is 576 g/mol. The average molecular weight is 577 g/mol. The zero-order valence-corrected chi connectivity index (χ0v) is 24.8. The fraction of sp³-hybridized carbons (Fsp3) is 0.667. The number of esters is 3. The van der Waals surface area contributed by atoms with Crippen LogP contribution in [0.4, 0.5) is 0 Å². The standard InChI is InChI=1S/C30H48N4O7/c1-3-5-20-39-28(36)22-32-14-12-31(24-30(38)41-25-27-10-8-7-9-11-27)13-15-33(17-19-34(26-35)18-16-32)23-29(37)40-21-6-4-2/h7-11,26H,3-6,12-25H2,1-2H3. The molecule has 230 valence electrons. The zero-order valence-electron chi connectivity index (χ0n) is 24.8. The maximum atomic E-state index is 12.8. The number of hydrogen-bond acceptors (Lipinski definition) is 10. The Morgan fingerprint density at radius 1 is 0.659 bits per heavy atom. The van der Waals surface area contributed by atoms with Gasteiger partial charge in [-0.25, -0.2) is 0 Å². The molecule has 1 heterocycles. The van der Waals surface area contributed by atoms with Crippen molar-refractivity contribution in [3.8, 4) is 0 Å². The molecule has 11 heteroatoms. The van der Waals surface area contributed by atoms with Crippen molar-refractivity contribution < 1.29 is 33.4 Å². The number of ether oxygens (including phenoxy) is 3. The Kier molecular flexibility index (Phi) is 17.3. The molecular formula is C30H48N4O7. The van der Waals surface area contributed by atoms with Crippen LogP contribution < -0.4 is 0 Å². The van der Waals surface area contributed by atoms with Crippen molar-refractivity contribution in [2.75, 3.05) is 85.2 Å². The summed E-state index contributed by atoms with van der Waals surface area (Å²) < 4.78 is 16.2. The minimum absolute atomic E-state index is 0.0802. The number of amides is 1. The van der Waals surface area contributed by atoms with Gasteiger partial charge in [-0.1, -0.05) is 57.0 Å². The van der Waals surface area contributed by atoms with Gasteiger partial charge in [0.1, 0.15) is 6.61 Å². The van der Waals surface area contributed by atoms with E-state index >= 15 is 0 Å². The smallest absolute Gasteiger partial charge is 0.320 e. The molecule has 0 bridgehead atoms. The number of hydrogen-bond donors (Lipinski definition) is 0. The van der Waals surface area contributed by atoms with E-state index in [9.17, 15) is 19.2 Å². The normalized spacial score (nSPS) is 16.3. The Morgan fingerprint density at radius 2 is 1.07 bits per heavy atom.